The average molecular weight is 475 g/mol. The predicted octanol–water partition coefficient (Wildman–Crippen LogP) is 5.23. The lowest BCUT2D eigenvalue weighted by molar-refractivity contribution is -0.141. The molecular formula is C26H35ClN2O4. The first kappa shape index (κ1) is 26.5. The van der Waals surface area contributed by atoms with Crippen LogP contribution in [0.2, 0.25) is 5.02 Å². The minimum Gasteiger partial charge on any atom is -0.497 e. The molecule has 0 radical (unpaired) electrons. The summed E-state index contributed by atoms with van der Waals surface area (Å²) in [5, 5.41) is 3.63. The monoisotopic (exact) mass is 474 g/mol. The molecule has 0 bridgehead atoms. The number of carbonyl (C=O) groups excluding carboxylic acids is 2. The van der Waals surface area contributed by atoms with E-state index in [1.54, 1.807) is 36.3 Å². The molecule has 6 nitrogen and oxygen atoms in total. The molecule has 0 unspecified atom stereocenters. The fourth-order valence-electron chi connectivity index (χ4n) is 3.48. The molecule has 33 heavy (non-hydrogen) atoms. The van der Waals surface area contributed by atoms with Gasteiger partial charge < -0.3 is 19.7 Å². The van der Waals surface area contributed by atoms with Crippen LogP contribution in [0.15, 0.2) is 48.5 Å². The van der Waals surface area contributed by atoms with Crippen LogP contribution in [-0.2, 0) is 16.1 Å². The molecule has 2 aromatic carbocycles. The Hall–Kier alpha value is -2.73. The summed E-state index contributed by atoms with van der Waals surface area (Å²) in [6.07, 6.45) is 3.28. The van der Waals surface area contributed by atoms with E-state index in [9.17, 15) is 9.59 Å². The zero-order valence-corrected chi connectivity index (χ0v) is 20.6. The van der Waals surface area contributed by atoms with Crippen LogP contribution < -0.4 is 14.8 Å². The van der Waals surface area contributed by atoms with Gasteiger partial charge in [-0.3, -0.25) is 9.59 Å². The third kappa shape index (κ3) is 8.97. The maximum Gasteiger partial charge on any atom is 0.242 e. The summed E-state index contributed by atoms with van der Waals surface area (Å²) < 4.78 is 11.0. The summed E-state index contributed by atoms with van der Waals surface area (Å²) in [6, 6.07) is 14.2. The quantitative estimate of drug-likeness (QED) is 0.380. The molecule has 0 saturated carbocycles. The number of ether oxygens (including phenoxy) is 2. The van der Waals surface area contributed by atoms with Crippen LogP contribution in [0.3, 0.4) is 0 Å². The van der Waals surface area contributed by atoms with E-state index in [1.165, 1.54) is 0 Å². The molecule has 0 fully saturated rings. The Balaban J connectivity index is 2.05. The van der Waals surface area contributed by atoms with Gasteiger partial charge in [-0.15, -0.1) is 0 Å². The largest absolute Gasteiger partial charge is 0.497 e. The molecule has 2 amide bonds. The van der Waals surface area contributed by atoms with Crippen molar-refractivity contribution in [3.63, 3.8) is 0 Å². The van der Waals surface area contributed by atoms with Crippen molar-refractivity contribution in [2.75, 3.05) is 20.3 Å². The zero-order valence-electron chi connectivity index (χ0n) is 19.8. The van der Waals surface area contributed by atoms with E-state index in [0.717, 1.165) is 24.2 Å². The van der Waals surface area contributed by atoms with E-state index >= 15 is 0 Å². The van der Waals surface area contributed by atoms with Gasteiger partial charge >= 0.3 is 0 Å². The van der Waals surface area contributed by atoms with Gasteiger partial charge in [0.25, 0.3) is 0 Å². The van der Waals surface area contributed by atoms with Crippen LogP contribution in [0.5, 0.6) is 11.5 Å². The fourth-order valence-corrected chi connectivity index (χ4v) is 3.61. The number of nitrogens with one attached hydrogen (secondary N) is 1. The Bertz CT molecular complexity index is 873. The standard InChI is InChI=1S/C26H35ClN2O4/c1-4-6-16-28-26(31)24(5-2)29(19-20-9-7-10-23(18-20)32-3)25(30)11-8-17-33-22-14-12-21(27)13-15-22/h7,9-10,12-15,18,24H,4-6,8,11,16-17,19H2,1-3H3,(H,28,31)/t24-/m1/s1. The fraction of sp³-hybridized carbons (Fsp3) is 0.462. The van der Waals surface area contributed by atoms with Crippen LogP contribution in [0, 0.1) is 0 Å². The van der Waals surface area contributed by atoms with Gasteiger partial charge in [-0.05, 0) is 61.2 Å². The lowest BCUT2D eigenvalue weighted by Crippen LogP contribution is -2.49. The van der Waals surface area contributed by atoms with Crippen molar-refractivity contribution < 1.29 is 19.1 Å². The molecule has 0 aliphatic heterocycles. The number of nitrogens with zero attached hydrogens (tertiary/aromatic N) is 1. The van der Waals surface area contributed by atoms with Crippen LogP contribution in [0.4, 0.5) is 0 Å². The maximum absolute atomic E-state index is 13.2. The molecule has 1 atom stereocenters. The topological polar surface area (TPSA) is 67.9 Å². The number of amides is 2. The Kier molecular flexibility index (Phi) is 11.6. The summed E-state index contributed by atoms with van der Waals surface area (Å²) >= 11 is 5.90. The van der Waals surface area contributed by atoms with Crippen molar-refractivity contribution in [1.82, 2.24) is 10.2 Å². The van der Waals surface area contributed by atoms with E-state index in [0.29, 0.717) is 43.3 Å². The molecule has 1 N–H and O–H groups in total. The highest BCUT2D eigenvalue weighted by Gasteiger charge is 2.28. The first-order valence-electron chi connectivity index (χ1n) is 11.6. The number of methoxy groups -OCH3 is 1. The normalized spacial score (nSPS) is 11.5. The summed E-state index contributed by atoms with van der Waals surface area (Å²) in [6.45, 7) is 5.36. The summed E-state index contributed by atoms with van der Waals surface area (Å²) in [7, 11) is 1.61. The van der Waals surface area contributed by atoms with Gasteiger partial charge in [0.1, 0.15) is 17.5 Å². The number of hydrogen-bond acceptors (Lipinski definition) is 4. The second kappa shape index (κ2) is 14.4. The van der Waals surface area contributed by atoms with E-state index in [2.05, 4.69) is 12.2 Å². The number of rotatable bonds is 14. The number of hydrogen-bond donors (Lipinski definition) is 1. The van der Waals surface area contributed by atoms with Crippen LogP contribution >= 0.6 is 11.6 Å². The number of unbranched alkanes of at least 4 members (excludes halogenated alkanes) is 1. The van der Waals surface area contributed by atoms with Gasteiger partial charge in [0.2, 0.25) is 11.8 Å². The maximum atomic E-state index is 13.2. The van der Waals surface area contributed by atoms with Crippen molar-refractivity contribution in [3.05, 3.63) is 59.1 Å². The molecule has 0 spiro atoms. The molecule has 180 valence electrons. The molecule has 0 aliphatic rings. The van der Waals surface area contributed by atoms with Gasteiger partial charge in [0, 0.05) is 24.5 Å². The van der Waals surface area contributed by atoms with Gasteiger partial charge in [0.15, 0.2) is 0 Å². The summed E-state index contributed by atoms with van der Waals surface area (Å²) in [5.41, 5.74) is 0.917. The first-order valence-corrected chi connectivity index (χ1v) is 11.9. The smallest absolute Gasteiger partial charge is 0.242 e. The summed E-state index contributed by atoms with van der Waals surface area (Å²) in [4.78, 5) is 27.8. The Morgan fingerprint density at radius 1 is 1.06 bits per heavy atom. The third-order valence-corrected chi connectivity index (χ3v) is 5.57. The van der Waals surface area contributed by atoms with E-state index in [-0.39, 0.29) is 18.2 Å². The van der Waals surface area contributed by atoms with Crippen molar-refractivity contribution in [2.45, 2.75) is 58.5 Å². The minimum atomic E-state index is -0.530. The second-order valence-corrected chi connectivity index (χ2v) is 8.28. The highest BCUT2D eigenvalue weighted by atomic mass is 35.5. The molecule has 2 aromatic rings. The van der Waals surface area contributed by atoms with Crippen LogP contribution in [-0.4, -0.2) is 43.0 Å². The van der Waals surface area contributed by atoms with Gasteiger partial charge in [-0.25, -0.2) is 0 Å². The molecule has 0 saturated heterocycles. The Morgan fingerprint density at radius 3 is 2.48 bits per heavy atom. The SMILES string of the molecule is CCCCNC(=O)[C@@H](CC)N(Cc1cccc(OC)c1)C(=O)CCCOc1ccc(Cl)cc1. The first-order chi connectivity index (χ1) is 16.0. The molecular weight excluding hydrogens is 440 g/mol. The highest BCUT2D eigenvalue weighted by Crippen LogP contribution is 2.19. The second-order valence-electron chi connectivity index (χ2n) is 7.85. The Morgan fingerprint density at radius 2 is 1.82 bits per heavy atom. The summed E-state index contributed by atoms with van der Waals surface area (Å²) in [5.74, 6) is 1.24. The lowest BCUT2D eigenvalue weighted by Gasteiger charge is -2.31. The molecule has 7 heteroatoms. The predicted molar refractivity (Wildman–Crippen MR) is 132 cm³/mol. The van der Waals surface area contributed by atoms with Gasteiger partial charge in [-0.2, -0.15) is 0 Å². The third-order valence-electron chi connectivity index (χ3n) is 5.32. The van der Waals surface area contributed by atoms with Crippen molar-refractivity contribution in [3.8, 4) is 11.5 Å². The van der Waals surface area contributed by atoms with E-state index in [1.807, 2.05) is 31.2 Å². The van der Waals surface area contributed by atoms with E-state index < -0.39 is 6.04 Å². The number of benzene rings is 2. The van der Waals surface area contributed by atoms with Crippen molar-refractivity contribution >= 4 is 23.4 Å². The van der Waals surface area contributed by atoms with Crippen molar-refractivity contribution in [2.24, 2.45) is 0 Å². The average Bonchev–Trinajstić information content (AvgIpc) is 2.83. The lowest BCUT2D eigenvalue weighted by atomic mass is 10.1. The van der Waals surface area contributed by atoms with Gasteiger partial charge in [0.05, 0.1) is 13.7 Å². The molecule has 0 heterocycles. The Labute approximate surface area is 202 Å². The highest BCUT2D eigenvalue weighted by molar-refractivity contribution is 6.30. The minimum absolute atomic E-state index is 0.0741. The molecule has 2 rings (SSSR count). The van der Waals surface area contributed by atoms with Crippen LogP contribution in [0.1, 0.15) is 51.5 Å². The van der Waals surface area contributed by atoms with Crippen LogP contribution in [0.25, 0.3) is 0 Å². The zero-order chi connectivity index (χ0) is 24.1. The number of carbonyl (C=O) groups is 2. The molecule has 0 aromatic heterocycles. The molecule has 0 aliphatic carbocycles. The van der Waals surface area contributed by atoms with E-state index in [4.69, 9.17) is 21.1 Å². The number of halogens is 1. The van der Waals surface area contributed by atoms with Gasteiger partial charge in [-0.1, -0.05) is 44.0 Å². The van der Waals surface area contributed by atoms with Crippen molar-refractivity contribution in [1.29, 1.82) is 0 Å².